The third-order valence-electron chi connectivity index (χ3n) is 7.89. The van der Waals surface area contributed by atoms with Gasteiger partial charge in [0.2, 0.25) is 0 Å². The second kappa shape index (κ2) is 15.3. The average molecular weight is 680 g/mol. The summed E-state index contributed by atoms with van der Waals surface area (Å²) in [6.07, 6.45) is -0.954. The number of rotatable bonds is 6. The summed E-state index contributed by atoms with van der Waals surface area (Å²) < 4.78 is 37.7. The van der Waals surface area contributed by atoms with Gasteiger partial charge >= 0.3 is 5.97 Å². The van der Waals surface area contributed by atoms with Crippen LogP contribution in [0.15, 0.2) is 53.3 Å². The van der Waals surface area contributed by atoms with Crippen LogP contribution in [0, 0.1) is 12.8 Å². The highest BCUT2D eigenvalue weighted by Gasteiger charge is 2.35. The van der Waals surface area contributed by atoms with E-state index in [1.165, 1.54) is 4.90 Å². The van der Waals surface area contributed by atoms with E-state index in [1.807, 2.05) is 26.8 Å². The van der Waals surface area contributed by atoms with Crippen molar-refractivity contribution in [3.8, 4) is 0 Å². The lowest BCUT2D eigenvalue weighted by molar-refractivity contribution is -0.138. The van der Waals surface area contributed by atoms with Crippen LogP contribution in [0.1, 0.15) is 57.8 Å². The maximum absolute atomic E-state index is 13.2. The summed E-state index contributed by atoms with van der Waals surface area (Å²) in [4.78, 5) is 22.6. The number of benzene rings is 2. The molecular formula is C33H38Cl2F2N4O5. The molecule has 0 saturated carbocycles. The number of anilines is 2. The minimum absolute atomic E-state index is 0.00364. The molecule has 2 N–H and O–H groups in total. The average Bonchev–Trinajstić information content (AvgIpc) is 3.66. The molecule has 4 aromatic rings. The Bertz CT molecular complexity index is 1680. The number of aromatic nitrogens is 2. The number of ether oxygens (including phenoxy) is 1. The van der Waals surface area contributed by atoms with E-state index in [9.17, 15) is 23.8 Å². The van der Waals surface area contributed by atoms with Gasteiger partial charge in [-0.1, -0.05) is 56.1 Å². The monoisotopic (exact) mass is 678 g/mol. The zero-order valence-electron chi connectivity index (χ0n) is 26.1. The van der Waals surface area contributed by atoms with Gasteiger partial charge < -0.3 is 29.2 Å². The fraction of sp³-hybridized carbons (Fsp3) is 0.424. The number of fused-ring (bicyclic) bond motifs is 3. The molecular weight excluding hydrogens is 641 g/mol. The van der Waals surface area contributed by atoms with Gasteiger partial charge in [-0.25, -0.2) is 23.5 Å². The number of aryl methyl sites for hydroxylation is 1. The van der Waals surface area contributed by atoms with E-state index in [0.717, 1.165) is 17.7 Å². The van der Waals surface area contributed by atoms with Crippen molar-refractivity contribution in [1.29, 1.82) is 0 Å². The molecule has 46 heavy (non-hydrogen) atoms. The van der Waals surface area contributed by atoms with Crippen LogP contribution >= 0.6 is 23.2 Å². The lowest BCUT2D eigenvalue weighted by Crippen LogP contribution is -2.44. The molecule has 0 aliphatic carbocycles. The van der Waals surface area contributed by atoms with Crippen molar-refractivity contribution in [2.75, 3.05) is 29.6 Å². The number of alkyl halides is 2. The summed E-state index contributed by atoms with van der Waals surface area (Å²) in [5, 5.41) is 21.1. The van der Waals surface area contributed by atoms with Gasteiger partial charge in [0, 0.05) is 35.5 Å². The van der Waals surface area contributed by atoms with Gasteiger partial charge in [-0.2, -0.15) is 0 Å². The number of aliphatic carboxylic acids is 1. The molecule has 0 amide bonds. The fourth-order valence-electron chi connectivity index (χ4n) is 5.90. The predicted molar refractivity (Wildman–Crippen MR) is 177 cm³/mol. The molecule has 2 aromatic heterocycles. The van der Waals surface area contributed by atoms with Crippen LogP contribution in [0.4, 0.5) is 20.3 Å². The number of aliphatic hydroxyl groups excluding tert-OH is 1. The SMILES string of the molecule is C=C(O)N(c1c(C)cc(Cl)cc1Cl)C1CCOC[C@@H]1C.CC.O=C(O)[C@@H]1CCCN1c1nc(C(F)F)nc2c1oc1ccccc12. The first-order valence-corrected chi connectivity index (χ1v) is 15.9. The highest BCUT2D eigenvalue weighted by Crippen LogP contribution is 2.39. The molecule has 2 aromatic carbocycles. The molecule has 6 rings (SSSR count). The Morgan fingerprint density at radius 2 is 1.87 bits per heavy atom. The van der Waals surface area contributed by atoms with Gasteiger partial charge in [-0.3, -0.25) is 0 Å². The number of carboxylic acids is 1. The number of hydrogen-bond acceptors (Lipinski definition) is 8. The molecule has 4 heterocycles. The van der Waals surface area contributed by atoms with E-state index in [-0.39, 0.29) is 34.8 Å². The standard InChI is InChI=1S/C16H13F2N3O3.C15H19Cl2NO2.C2H6/c17-13(18)14-19-11-8-4-1-2-6-10(8)24-12(11)15(20-14)21-7-3-5-9(21)16(22)23;1-9-6-12(16)7-13(17)15(9)18(11(3)19)14-4-5-20-8-10(14)2;1-2/h1-2,4,6,9,13H,3,5,7H2,(H,22,23);6-7,10,14,19H,3-5,8H2,1-2H3;1-2H3/t9-;10-,14?;/m00./s1. The number of para-hydroxylation sites is 1. The Morgan fingerprint density at radius 1 is 1.15 bits per heavy atom. The quantitative estimate of drug-likeness (QED) is 0.193. The summed E-state index contributed by atoms with van der Waals surface area (Å²) >= 11 is 12.3. The molecule has 2 aliphatic heterocycles. The van der Waals surface area contributed by atoms with E-state index < -0.39 is 24.3 Å². The lowest BCUT2D eigenvalue weighted by atomic mass is 9.95. The first-order chi connectivity index (χ1) is 22.0. The maximum Gasteiger partial charge on any atom is 0.326 e. The molecule has 9 nitrogen and oxygen atoms in total. The number of carbonyl (C=O) groups is 1. The van der Waals surface area contributed by atoms with Crippen molar-refractivity contribution < 1.29 is 32.9 Å². The second-order valence-electron chi connectivity index (χ2n) is 10.9. The van der Waals surface area contributed by atoms with Crippen molar-refractivity contribution in [2.24, 2.45) is 5.92 Å². The number of halogens is 4. The highest BCUT2D eigenvalue weighted by molar-refractivity contribution is 6.36. The van der Waals surface area contributed by atoms with E-state index in [0.29, 0.717) is 53.6 Å². The van der Waals surface area contributed by atoms with Crippen molar-refractivity contribution in [3.05, 3.63) is 70.3 Å². The van der Waals surface area contributed by atoms with Gasteiger partial charge in [0.25, 0.3) is 6.43 Å². The smallest absolute Gasteiger partial charge is 0.326 e. The van der Waals surface area contributed by atoms with Crippen LogP contribution in [-0.4, -0.2) is 58.0 Å². The van der Waals surface area contributed by atoms with Gasteiger partial charge in [-0.15, -0.1) is 0 Å². The van der Waals surface area contributed by atoms with Crippen LogP contribution in [0.25, 0.3) is 22.1 Å². The Hall–Kier alpha value is -3.67. The molecule has 2 aliphatic rings. The van der Waals surface area contributed by atoms with Crippen molar-refractivity contribution in [1.82, 2.24) is 9.97 Å². The van der Waals surface area contributed by atoms with Crippen molar-refractivity contribution in [2.45, 2.75) is 65.5 Å². The summed E-state index contributed by atoms with van der Waals surface area (Å²) in [7, 11) is 0. The largest absolute Gasteiger partial charge is 0.495 e. The van der Waals surface area contributed by atoms with Gasteiger partial charge in [0.15, 0.2) is 23.1 Å². The van der Waals surface area contributed by atoms with E-state index in [2.05, 4.69) is 23.5 Å². The zero-order valence-corrected chi connectivity index (χ0v) is 27.7. The number of carboxylic acid groups (broad SMARTS) is 1. The van der Waals surface area contributed by atoms with Crippen molar-refractivity contribution >= 4 is 62.7 Å². The minimum atomic E-state index is -2.85. The Balaban J connectivity index is 0.000000202. The highest BCUT2D eigenvalue weighted by atomic mass is 35.5. The molecule has 2 saturated heterocycles. The van der Waals surface area contributed by atoms with Crippen LogP contribution < -0.4 is 9.80 Å². The summed E-state index contributed by atoms with van der Waals surface area (Å²) in [5.74, 6) is -1.24. The first-order valence-electron chi connectivity index (χ1n) is 15.1. The van der Waals surface area contributed by atoms with Crippen molar-refractivity contribution in [3.63, 3.8) is 0 Å². The number of furan rings is 1. The van der Waals surface area contributed by atoms with Gasteiger partial charge in [0.05, 0.1) is 17.3 Å². The molecule has 3 atom stereocenters. The van der Waals surface area contributed by atoms with E-state index in [4.69, 9.17) is 32.4 Å². The summed E-state index contributed by atoms with van der Waals surface area (Å²) in [6.45, 7) is 13.5. The molecule has 0 radical (unpaired) electrons. The molecule has 13 heteroatoms. The molecule has 0 spiro atoms. The minimum Gasteiger partial charge on any atom is -0.495 e. The number of nitrogens with zero attached hydrogens (tertiary/aromatic N) is 4. The first kappa shape index (κ1) is 35.2. The number of hydrogen-bond donors (Lipinski definition) is 2. The van der Waals surface area contributed by atoms with E-state index >= 15 is 0 Å². The Kier molecular flexibility index (Phi) is 11.7. The van der Waals surface area contributed by atoms with Gasteiger partial charge in [0.1, 0.15) is 17.1 Å². The summed E-state index contributed by atoms with van der Waals surface area (Å²) in [6, 6.07) is 9.79. The molecule has 2 fully saturated rings. The lowest BCUT2D eigenvalue weighted by Gasteiger charge is -2.39. The maximum atomic E-state index is 13.2. The van der Waals surface area contributed by atoms with E-state index in [1.54, 1.807) is 35.2 Å². The molecule has 1 unspecified atom stereocenters. The second-order valence-corrected chi connectivity index (χ2v) is 11.8. The van der Waals surface area contributed by atoms with Crippen LogP contribution in [0.3, 0.4) is 0 Å². The van der Waals surface area contributed by atoms with Crippen LogP contribution in [0.2, 0.25) is 10.0 Å². The zero-order chi connectivity index (χ0) is 33.7. The summed E-state index contributed by atoms with van der Waals surface area (Å²) in [5.41, 5.74) is 2.70. The van der Waals surface area contributed by atoms with Crippen LogP contribution in [-0.2, 0) is 9.53 Å². The van der Waals surface area contributed by atoms with Gasteiger partial charge in [-0.05, 0) is 62.6 Å². The normalized spacial score (nSPS) is 19.4. The molecule has 248 valence electrons. The Labute approximate surface area is 276 Å². The molecule has 0 bridgehead atoms. The Morgan fingerprint density at radius 3 is 2.50 bits per heavy atom. The number of aliphatic hydroxyl groups is 1. The predicted octanol–water partition coefficient (Wildman–Crippen LogP) is 8.96. The third kappa shape index (κ3) is 7.32. The topological polar surface area (TPSA) is 112 Å². The third-order valence-corrected chi connectivity index (χ3v) is 8.40. The fourth-order valence-corrected chi connectivity index (χ4v) is 6.59. The van der Waals surface area contributed by atoms with Crippen LogP contribution in [0.5, 0.6) is 0 Å².